The van der Waals surface area contributed by atoms with E-state index in [1.165, 1.54) is 6.42 Å². The van der Waals surface area contributed by atoms with E-state index in [1.807, 2.05) is 0 Å². The smallest absolute Gasteiger partial charge is 0.236 e. The minimum absolute atomic E-state index is 0.335. The third kappa shape index (κ3) is 4.45. The number of piperazine rings is 1. The lowest BCUT2D eigenvalue weighted by Gasteiger charge is -2.31. The molecule has 1 N–H and O–H groups in total. The van der Waals surface area contributed by atoms with Gasteiger partial charge in [0.25, 0.3) is 0 Å². The molecule has 4 nitrogen and oxygen atoms in total. The molecule has 2 saturated heterocycles. The van der Waals surface area contributed by atoms with E-state index in [0.717, 1.165) is 58.0 Å². The molecule has 4 heteroatoms. The first-order valence-corrected chi connectivity index (χ1v) is 8.17. The van der Waals surface area contributed by atoms with Gasteiger partial charge in [-0.2, -0.15) is 0 Å². The molecule has 1 amide bonds. The van der Waals surface area contributed by atoms with Crippen molar-refractivity contribution in [1.29, 1.82) is 0 Å². The second kappa shape index (κ2) is 6.90. The van der Waals surface area contributed by atoms with Crippen LogP contribution < -0.4 is 5.32 Å². The Kier molecular flexibility index (Phi) is 5.44. The van der Waals surface area contributed by atoms with Crippen molar-refractivity contribution >= 4 is 5.91 Å². The molecule has 1 unspecified atom stereocenters. The van der Waals surface area contributed by atoms with E-state index in [-0.39, 0.29) is 0 Å². The summed E-state index contributed by atoms with van der Waals surface area (Å²) in [6, 6.07) is 0. The monoisotopic (exact) mass is 281 g/mol. The van der Waals surface area contributed by atoms with Gasteiger partial charge in [0.15, 0.2) is 0 Å². The number of nitrogens with one attached hydrogen (secondary N) is 1. The maximum atomic E-state index is 12.4. The van der Waals surface area contributed by atoms with Gasteiger partial charge in [-0.05, 0) is 30.6 Å². The molecule has 1 atom stereocenters. The van der Waals surface area contributed by atoms with E-state index in [9.17, 15) is 4.79 Å². The van der Waals surface area contributed by atoms with Gasteiger partial charge in [-0.25, -0.2) is 0 Å². The summed E-state index contributed by atoms with van der Waals surface area (Å²) < 4.78 is 0. The average molecular weight is 281 g/mol. The maximum Gasteiger partial charge on any atom is 0.236 e. The first-order valence-electron chi connectivity index (χ1n) is 8.17. The highest BCUT2D eigenvalue weighted by molar-refractivity contribution is 5.78. The topological polar surface area (TPSA) is 35.6 Å². The average Bonchev–Trinajstić information content (AvgIpc) is 2.65. The quantitative estimate of drug-likeness (QED) is 0.834. The summed E-state index contributed by atoms with van der Waals surface area (Å²) in [5.74, 6) is 1.08. The fourth-order valence-corrected chi connectivity index (χ4v) is 3.37. The maximum absolute atomic E-state index is 12.4. The predicted molar refractivity (Wildman–Crippen MR) is 82.7 cm³/mol. The molecule has 0 aromatic rings. The Labute approximate surface area is 123 Å². The zero-order valence-electron chi connectivity index (χ0n) is 13.5. The minimum Gasteiger partial charge on any atom is -0.342 e. The van der Waals surface area contributed by atoms with Crippen molar-refractivity contribution in [3.63, 3.8) is 0 Å². The Morgan fingerprint density at radius 1 is 1.10 bits per heavy atom. The van der Waals surface area contributed by atoms with E-state index >= 15 is 0 Å². The van der Waals surface area contributed by atoms with E-state index in [1.54, 1.807) is 0 Å². The Bertz CT molecular complexity index is 318. The van der Waals surface area contributed by atoms with Crippen molar-refractivity contribution in [3.8, 4) is 0 Å². The van der Waals surface area contributed by atoms with Crippen LogP contribution in [-0.4, -0.2) is 61.5 Å². The number of carbonyl (C=O) groups is 1. The molecular formula is C16H31N3O. The summed E-state index contributed by atoms with van der Waals surface area (Å²) in [5.41, 5.74) is 0.373. The van der Waals surface area contributed by atoms with Crippen molar-refractivity contribution in [3.05, 3.63) is 0 Å². The van der Waals surface area contributed by atoms with Crippen LogP contribution in [0.2, 0.25) is 0 Å². The number of nitrogens with zero attached hydrogens (tertiary/aromatic N) is 2. The third-order valence-electron chi connectivity index (χ3n) is 4.87. The summed E-state index contributed by atoms with van der Waals surface area (Å²) in [7, 11) is 0. The van der Waals surface area contributed by atoms with E-state index in [0.29, 0.717) is 17.9 Å². The van der Waals surface area contributed by atoms with Gasteiger partial charge < -0.3 is 10.2 Å². The highest BCUT2D eigenvalue weighted by Gasteiger charge is 2.28. The molecular weight excluding hydrogens is 250 g/mol. The van der Waals surface area contributed by atoms with Crippen LogP contribution in [0, 0.1) is 11.3 Å². The molecule has 2 rings (SSSR count). The normalized spacial score (nSPS) is 26.4. The van der Waals surface area contributed by atoms with Gasteiger partial charge in [0.1, 0.15) is 0 Å². The summed E-state index contributed by atoms with van der Waals surface area (Å²) in [6.07, 6.45) is 3.59. The second-order valence-corrected chi connectivity index (χ2v) is 7.40. The van der Waals surface area contributed by atoms with Gasteiger partial charge in [-0.3, -0.25) is 9.69 Å². The zero-order valence-corrected chi connectivity index (χ0v) is 13.5. The Hall–Kier alpha value is -0.610. The van der Waals surface area contributed by atoms with Crippen LogP contribution in [-0.2, 0) is 4.79 Å². The van der Waals surface area contributed by atoms with Gasteiger partial charge in [0.05, 0.1) is 6.54 Å². The van der Waals surface area contributed by atoms with Crippen molar-refractivity contribution in [2.24, 2.45) is 11.3 Å². The Morgan fingerprint density at radius 3 is 2.45 bits per heavy atom. The van der Waals surface area contributed by atoms with Crippen LogP contribution in [0.5, 0.6) is 0 Å². The minimum atomic E-state index is 0.335. The van der Waals surface area contributed by atoms with Crippen LogP contribution in [0.1, 0.15) is 40.0 Å². The standard InChI is InChI=1S/C16H31N3O/c1-16(2,3)14-5-4-9-19(10-6-14)15(20)13-18-11-7-17-8-12-18/h14,17H,4-13H2,1-3H3. The molecule has 2 heterocycles. The summed E-state index contributed by atoms with van der Waals surface area (Å²) in [6.45, 7) is 13.5. The lowest BCUT2D eigenvalue weighted by Crippen LogP contribution is -2.48. The van der Waals surface area contributed by atoms with Crippen LogP contribution in [0.15, 0.2) is 0 Å². The van der Waals surface area contributed by atoms with Crippen molar-refractivity contribution in [2.45, 2.75) is 40.0 Å². The highest BCUT2D eigenvalue weighted by Crippen LogP contribution is 2.34. The molecule has 0 aromatic heterocycles. The zero-order chi connectivity index (χ0) is 14.6. The van der Waals surface area contributed by atoms with E-state index < -0.39 is 0 Å². The fraction of sp³-hybridized carbons (Fsp3) is 0.938. The Balaban J connectivity index is 1.81. The number of amides is 1. The SMILES string of the molecule is CC(C)(C)C1CCCN(C(=O)CN2CCNCC2)CC1. The first kappa shape index (κ1) is 15.8. The fourth-order valence-electron chi connectivity index (χ4n) is 3.37. The van der Waals surface area contributed by atoms with Gasteiger partial charge in [0.2, 0.25) is 5.91 Å². The van der Waals surface area contributed by atoms with E-state index in [4.69, 9.17) is 0 Å². The summed E-state index contributed by atoms with van der Waals surface area (Å²) in [4.78, 5) is 16.8. The number of carbonyl (C=O) groups excluding carboxylic acids is 1. The van der Waals surface area contributed by atoms with Crippen LogP contribution in [0.25, 0.3) is 0 Å². The Morgan fingerprint density at radius 2 is 1.80 bits per heavy atom. The predicted octanol–water partition coefficient (Wildman–Crippen LogP) is 1.57. The molecule has 0 aliphatic carbocycles. The van der Waals surface area contributed by atoms with Crippen LogP contribution >= 0.6 is 0 Å². The largest absolute Gasteiger partial charge is 0.342 e. The number of hydrogen-bond donors (Lipinski definition) is 1. The van der Waals surface area contributed by atoms with Crippen molar-refractivity contribution in [1.82, 2.24) is 15.1 Å². The molecule has 2 aliphatic heterocycles. The number of hydrogen-bond acceptors (Lipinski definition) is 3. The molecule has 2 fully saturated rings. The highest BCUT2D eigenvalue weighted by atomic mass is 16.2. The first-order chi connectivity index (χ1) is 9.47. The molecule has 0 saturated carbocycles. The third-order valence-corrected chi connectivity index (χ3v) is 4.87. The van der Waals surface area contributed by atoms with Crippen LogP contribution in [0.3, 0.4) is 0 Å². The van der Waals surface area contributed by atoms with E-state index in [2.05, 4.69) is 35.9 Å². The van der Waals surface area contributed by atoms with Gasteiger partial charge in [-0.1, -0.05) is 20.8 Å². The lowest BCUT2D eigenvalue weighted by molar-refractivity contribution is -0.132. The molecule has 116 valence electrons. The number of likely N-dealkylation sites (tertiary alicyclic amines) is 1. The molecule has 0 bridgehead atoms. The molecule has 0 spiro atoms. The lowest BCUT2D eigenvalue weighted by atomic mass is 9.77. The van der Waals surface area contributed by atoms with Crippen LogP contribution in [0.4, 0.5) is 0 Å². The van der Waals surface area contributed by atoms with Crippen molar-refractivity contribution < 1.29 is 4.79 Å². The summed E-state index contributed by atoms with van der Waals surface area (Å²) >= 11 is 0. The second-order valence-electron chi connectivity index (χ2n) is 7.40. The van der Waals surface area contributed by atoms with Crippen molar-refractivity contribution in [2.75, 3.05) is 45.8 Å². The summed E-state index contributed by atoms with van der Waals surface area (Å²) in [5, 5.41) is 3.33. The van der Waals surface area contributed by atoms with Gasteiger partial charge in [-0.15, -0.1) is 0 Å². The molecule has 20 heavy (non-hydrogen) atoms. The van der Waals surface area contributed by atoms with Gasteiger partial charge >= 0.3 is 0 Å². The number of rotatable bonds is 2. The molecule has 0 aromatic carbocycles. The van der Waals surface area contributed by atoms with Gasteiger partial charge in [0, 0.05) is 39.3 Å². The molecule has 2 aliphatic rings. The molecule has 0 radical (unpaired) electrons.